The van der Waals surface area contributed by atoms with E-state index in [-0.39, 0.29) is 11.8 Å². The van der Waals surface area contributed by atoms with Gasteiger partial charge in [0.1, 0.15) is 0 Å². The standard InChI is InChI=1S/C14H20N4O/c19-13(12-9-10-2-3-11(12)8-10)15-6-7-18-14-16-4-1-5-17-14/h1,4-5,10-12H,2-3,6-9H2,(H,15,19)(H,16,17,18)/t10-,11-,12+/m1/s1. The van der Waals surface area contributed by atoms with Crippen molar-refractivity contribution in [3.8, 4) is 0 Å². The number of aromatic nitrogens is 2. The van der Waals surface area contributed by atoms with Gasteiger partial charge in [-0.15, -0.1) is 0 Å². The van der Waals surface area contributed by atoms with Crippen LogP contribution in [0.2, 0.25) is 0 Å². The van der Waals surface area contributed by atoms with Crippen LogP contribution in [0.5, 0.6) is 0 Å². The van der Waals surface area contributed by atoms with Crippen LogP contribution in [0.4, 0.5) is 5.95 Å². The first-order chi connectivity index (χ1) is 9.33. The minimum absolute atomic E-state index is 0.239. The van der Waals surface area contributed by atoms with Crippen LogP contribution in [0, 0.1) is 17.8 Å². The Morgan fingerprint density at radius 1 is 1.21 bits per heavy atom. The summed E-state index contributed by atoms with van der Waals surface area (Å²) in [5.74, 6) is 2.58. The number of carbonyl (C=O) groups excluding carboxylic acids is 1. The zero-order valence-electron chi connectivity index (χ0n) is 11.0. The molecule has 2 aliphatic rings. The predicted molar refractivity (Wildman–Crippen MR) is 72.5 cm³/mol. The van der Waals surface area contributed by atoms with Crippen molar-refractivity contribution in [2.75, 3.05) is 18.4 Å². The molecule has 0 unspecified atom stereocenters. The molecule has 0 radical (unpaired) electrons. The van der Waals surface area contributed by atoms with Gasteiger partial charge in [0.05, 0.1) is 0 Å². The minimum atomic E-state index is 0.239. The highest BCUT2D eigenvalue weighted by Crippen LogP contribution is 2.48. The van der Waals surface area contributed by atoms with Crippen molar-refractivity contribution in [1.29, 1.82) is 0 Å². The molecule has 1 heterocycles. The maximum atomic E-state index is 12.1. The summed E-state index contributed by atoms with van der Waals surface area (Å²) in [6.45, 7) is 1.29. The third-order valence-corrected chi connectivity index (χ3v) is 4.35. The number of anilines is 1. The number of nitrogens with zero attached hydrogens (tertiary/aromatic N) is 2. The molecule has 2 N–H and O–H groups in total. The summed E-state index contributed by atoms with van der Waals surface area (Å²) in [4.78, 5) is 20.2. The Labute approximate surface area is 113 Å². The lowest BCUT2D eigenvalue weighted by molar-refractivity contribution is -0.126. The predicted octanol–water partition coefficient (Wildman–Crippen LogP) is 1.44. The third-order valence-electron chi connectivity index (χ3n) is 4.35. The molecule has 1 amide bonds. The van der Waals surface area contributed by atoms with Crippen LogP contribution in [-0.4, -0.2) is 29.0 Å². The zero-order valence-corrected chi connectivity index (χ0v) is 11.0. The van der Waals surface area contributed by atoms with Gasteiger partial charge < -0.3 is 10.6 Å². The molecule has 5 nitrogen and oxygen atoms in total. The maximum Gasteiger partial charge on any atom is 0.223 e. The first-order valence-corrected chi connectivity index (χ1v) is 7.11. The molecule has 2 aliphatic carbocycles. The number of hydrogen-bond acceptors (Lipinski definition) is 4. The Kier molecular flexibility index (Phi) is 3.62. The topological polar surface area (TPSA) is 66.9 Å². The SMILES string of the molecule is O=C(NCCNc1ncccn1)[C@H]1C[C@@H]2CC[C@@H]1C2. The van der Waals surface area contributed by atoms with Crippen LogP contribution in [0.1, 0.15) is 25.7 Å². The highest BCUT2D eigenvalue weighted by molar-refractivity contribution is 5.79. The number of carbonyl (C=O) groups is 1. The Morgan fingerprint density at radius 2 is 2.05 bits per heavy atom. The largest absolute Gasteiger partial charge is 0.354 e. The molecule has 1 aromatic rings. The lowest BCUT2D eigenvalue weighted by atomic mass is 9.88. The molecule has 19 heavy (non-hydrogen) atoms. The molecule has 102 valence electrons. The summed E-state index contributed by atoms with van der Waals surface area (Å²) in [6, 6.07) is 1.78. The molecule has 2 bridgehead atoms. The van der Waals surface area contributed by atoms with Crippen LogP contribution < -0.4 is 10.6 Å². The van der Waals surface area contributed by atoms with Crippen molar-refractivity contribution in [3.63, 3.8) is 0 Å². The van der Waals surface area contributed by atoms with Crippen LogP contribution in [0.3, 0.4) is 0 Å². The van der Waals surface area contributed by atoms with Crippen LogP contribution >= 0.6 is 0 Å². The quantitative estimate of drug-likeness (QED) is 0.786. The molecule has 3 rings (SSSR count). The molecule has 1 aromatic heterocycles. The van der Waals surface area contributed by atoms with Crippen molar-refractivity contribution in [2.24, 2.45) is 17.8 Å². The van der Waals surface area contributed by atoms with Crippen molar-refractivity contribution in [1.82, 2.24) is 15.3 Å². The van der Waals surface area contributed by atoms with Gasteiger partial charge in [-0.1, -0.05) is 6.42 Å². The van der Waals surface area contributed by atoms with Gasteiger partial charge in [-0.05, 0) is 37.2 Å². The number of rotatable bonds is 5. The van der Waals surface area contributed by atoms with Crippen LogP contribution in [0.15, 0.2) is 18.5 Å². The fraction of sp³-hybridized carbons (Fsp3) is 0.643. The van der Waals surface area contributed by atoms with E-state index >= 15 is 0 Å². The van der Waals surface area contributed by atoms with Gasteiger partial charge in [0, 0.05) is 31.4 Å². The van der Waals surface area contributed by atoms with Gasteiger partial charge in [0.25, 0.3) is 0 Å². The molecule has 2 saturated carbocycles. The van der Waals surface area contributed by atoms with E-state index in [1.54, 1.807) is 18.5 Å². The van der Waals surface area contributed by atoms with E-state index < -0.39 is 0 Å². The van der Waals surface area contributed by atoms with E-state index in [0.717, 1.165) is 12.3 Å². The second-order valence-corrected chi connectivity index (χ2v) is 5.57. The van der Waals surface area contributed by atoms with Gasteiger partial charge in [-0.25, -0.2) is 9.97 Å². The summed E-state index contributed by atoms with van der Waals surface area (Å²) in [6.07, 6.45) is 8.35. The van der Waals surface area contributed by atoms with E-state index in [9.17, 15) is 4.79 Å². The fourth-order valence-electron chi connectivity index (χ4n) is 3.45. The Hall–Kier alpha value is -1.65. The first-order valence-electron chi connectivity index (χ1n) is 7.11. The Balaban J connectivity index is 1.37. The molecule has 3 atom stereocenters. The first kappa shape index (κ1) is 12.4. The molecule has 0 saturated heterocycles. The Morgan fingerprint density at radius 3 is 2.74 bits per heavy atom. The fourth-order valence-corrected chi connectivity index (χ4v) is 3.45. The lowest BCUT2D eigenvalue weighted by Crippen LogP contribution is -2.36. The van der Waals surface area contributed by atoms with Crippen molar-refractivity contribution < 1.29 is 4.79 Å². The molecule has 0 spiro atoms. The van der Waals surface area contributed by atoms with E-state index in [1.807, 2.05) is 0 Å². The number of hydrogen-bond donors (Lipinski definition) is 2. The zero-order chi connectivity index (χ0) is 13.1. The molecular weight excluding hydrogens is 240 g/mol. The second kappa shape index (κ2) is 5.55. The highest BCUT2D eigenvalue weighted by atomic mass is 16.1. The normalized spacial score (nSPS) is 28.3. The number of amides is 1. The summed E-state index contributed by atoms with van der Waals surface area (Å²) < 4.78 is 0. The third kappa shape index (κ3) is 2.85. The lowest BCUT2D eigenvalue weighted by Gasteiger charge is -2.20. The van der Waals surface area contributed by atoms with E-state index in [1.165, 1.54) is 19.3 Å². The van der Waals surface area contributed by atoms with Crippen molar-refractivity contribution in [2.45, 2.75) is 25.7 Å². The van der Waals surface area contributed by atoms with Gasteiger partial charge in [0.2, 0.25) is 11.9 Å². The van der Waals surface area contributed by atoms with Gasteiger partial charge in [-0.2, -0.15) is 0 Å². The Bertz CT molecular complexity index is 436. The number of nitrogens with one attached hydrogen (secondary N) is 2. The molecule has 5 heteroatoms. The smallest absolute Gasteiger partial charge is 0.223 e. The molecule has 0 aromatic carbocycles. The van der Waals surface area contributed by atoms with Gasteiger partial charge in [-0.3, -0.25) is 4.79 Å². The molecule has 0 aliphatic heterocycles. The highest BCUT2D eigenvalue weighted by Gasteiger charge is 2.42. The monoisotopic (exact) mass is 260 g/mol. The second-order valence-electron chi connectivity index (χ2n) is 5.57. The maximum absolute atomic E-state index is 12.1. The van der Waals surface area contributed by atoms with Gasteiger partial charge >= 0.3 is 0 Å². The molecular formula is C14H20N4O. The van der Waals surface area contributed by atoms with Gasteiger partial charge in [0.15, 0.2) is 0 Å². The van der Waals surface area contributed by atoms with Crippen molar-refractivity contribution in [3.05, 3.63) is 18.5 Å². The van der Waals surface area contributed by atoms with Crippen LogP contribution in [-0.2, 0) is 4.79 Å². The average molecular weight is 260 g/mol. The van der Waals surface area contributed by atoms with E-state index in [4.69, 9.17) is 0 Å². The summed E-state index contributed by atoms with van der Waals surface area (Å²) in [5.41, 5.74) is 0. The summed E-state index contributed by atoms with van der Waals surface area (Å²) >= 11 is 0. The number of fused-ring (bicyclic) bond motifs is 2. The summed E-state index contributed by atoms with van der Waals surface area (Å²) in [7, 11) is 0. The molecule has 2 fully saturated rings. The van der Waals surface area contributed by atoms with Crippen LogP contribution in [0.25, 0.3) is 0 Å². The van der Waals surface area contributed by atoms with E-state index in [0.29, 0.717) is 25.0 Å². The van der Waals surface area contributed by atoms with Crippen molar-refractivity contribution >= 4 is 11.9 Å². The minimum Gasteiger partial charge on any atom is -0.354 e. The van der Waals surface area contributed by atoms with E-state index in [2.05, 4.69) is 20.6 Å². The average Bonchev–Trinajstić information content (AvgIpc) is 3.07. The summed E-state index contributed by atoms with van der Waals surface area (Å²) in [5, 5.41) is 6.11.